The predicted octanol–water partition coefficient (Wildman–Crippen LogP) is 1.45. The second kappa shape index (κ2) is 7.32. The number of ether oxygens (including phenoxy) is 1. The molecule has 0 radical (unpaired) electrons. The molecule has 0 aromatic heterocycles. The number of hydrogen-bond donors (Lipinski definition) is 3. The highest BCUT2D eigenvalue weighted by atomic mass is 16.5. The van der Waals surface area contributed by atoms with E-state index < -0.39 is 0 Å². The van der Waals surface area contributed by atoms with Crippen LogP contribution in [0.1, 0.15) is 31.2 Å². The zero-order chi connectivity index (χ0) is 16.1. The number of carbonyl (C=O) groups is 1. The largest absolute Gasteiger partial charge is 0.491 e. The van der Waals surface area contributed by atoms with Gasteiger partial charge in [-0.15, -0.1) is 0 Å². The SMILES string of the molecule is O=C(NCc1ccc(OCCO)cc1)[C@@]12CCCC[C@H]1CNC2. The summed E-state index contributed by atoms with van der Waals surface area (Å²) in [5.41, 5.74) is 0.868. The third-order valence-corrected chi connectivity index (χ3v) is 5.23. The summed E-state index contributed by atoms with van der Waals surface area (Å²) in [6.45, 7) is 2.65. The van der Waals surface area contributed by atoms with Crippen molar-refractivity contribution in [1.29, 1.82) is 0 Å². The molecule has 1 amide bonds. The maximum atomic E-state index is 12.8. The van der Waals surface area contributed by atoms with Gasteiger partial charge in [0.2, 0.25) is 5.91 Å². The van der Waals surface area contributed by atoms with Crippen molar-refractivity contribution in [2.45, 2.75) is 32.2 Å². The maximum Gasteiger partial charge on any atom is 0.228 e. The summed E-state index contributed by atoms with van der Waals surface area (Å²) in [5, 5.41) is 15.3. The Morgan fingerprint density at radius 2 is 2.17 bits per heavy atom. The molecule has 2 atom stereocenters. The van der Waals surface area contributed by atoms with E-state index in [1.807, 2.05) is 24.3 Å². The Morgan fingerprint density at radius 3 is 2.96 bits per heavy atom. The lowest BCUT2D eigenvalue weighted by Gasteiger charge is -2.37. The molecule has 1 aromatic rings. The average molecular weight is 318 g/mol. The van der Waals surface area contributed by atoms with E-state index in [1.54, 1.807) is 0 Å². The molecule has 1 heterocycles. The molecule has 23 heavy (non-hydrogen) atoms. The fourth-order valence-corrected chi connectivity index (χ4v) is 3.92. The first kappa shape index (κ1) is 16.3. The molecule has 126 valence electrons. The minimum Gasteiger partial charge on any atom is -0.491 e. The normalized spacial score (nSPS) is 26.6. The van der Waals surface area contributed by atoms with Crippen molar-refractivity contribution in [1.82, 2.24) is 10.6 Å². The van der Waals surface area contributed by atoms with Gasteiger partial charge in [0.05, 0.1) is 12.0 Å². The minimum atomic E-state index is -0.192. The van der Waals surface area contributed by atoms with Crippen LogP contribution in [0, 0.1) is 11.3 Å². The molecule has 0 bridgehead atoms. The average Bonchev–Trinajstić information content (AvgIpc) is 3.04. The fourth-order valence-electron chi connectivity index (χ4n) is 3.92. The van der Waals surface area contributed by atoms with Crippen LogP contribution >= 0.6 is 0 Å². The van der Waals surface area contributed by atoms with E-state index in [9.17, 15) is 4.79 Å². The number of aliphatic hydroxyl groups excluding tert-OH is 1. The molecule has 0 unspecified atom stereocenters. The molecule has 3 rings (SSSR count). The summed E-state index contributed by atoms with van der Waals surface area (Å²) in [6, 6.07) is 7.65. The first-order chi connectivity index (χ1) is 11.2. The number of benzene rings is 1. The summed E-state index contributed by atoms with van der Waals surface area (Å²) in [7, 11) is 0. The zero-order valence-electron chi connectivity index (χ0n) is 13.5. The highest BCUT2D eigenvalue weighted by Gasteiger charge is 2.49. The van der Waals surface area contributed by atoms with Gasteiger partial charge in [-0.2, -0.15) is 0 Å². The number of rotatable bonds is 6. The lowest BCUT2D eigenvalue weighted by Crippen LogP contribution is -2.47. The number of amides is 1. The van der Waals surface area contributed by atoms with Crippen LogP contribution in [0.2, 0.25) is 0 Å². The second-order valence-electron chi connectivity index (χ2n) is 6.63. The number of fused-ring (bicyclic) bond motifs is 1. The van der Waals surface area contributed by atoms with Gasteiger partial charge in [-0.25, -0.2) is 0 Å². The molecule has 1 aliphatic heterocycles. The van der Waals surface area contributed by atoms with Crippen molar-refractivity contribution in [2.75, 3.05) is 26.3 Å². The Morgan fingerprint density at radius 1 is 1.35 bits per heavy atom. The highest BCUT2D eigenvalue weighted by molar-refractivity contribution is 5.83. The zero-order valence-corrected chi connectivity index (χ0v) is 13.5. The van der Waals surface area contributed by atoms with Gasteiger partial charge in [-0.05, 0) is 43.0 Å². The number of aliphatic hydroxyl groups is 1. The van der Waals surface area contributed by atoms with Crippen molar-refractivity contribution in [3.63, 3.8) is 0 Å². The molecule has 1 saturated heterocycles. The quantitative estimate of drug-likeness (QED) is 0.742. The van der Waals surface area contributed by atoms with Gasteiger partial charge < -0.3 is 20.5 Å². The van der Waals surface area contributed by atoms with Crippen LogP contribution in [0.25, 0.3) is 0 Å². The standard InChI is InChI=1S/C18H26N2O3/c21-9-10-23-16-6-4-14(5-7-16)11-20-17(22)18-8-2-1-3-15(18)12-19-13-18/h4-7,15,19,21H,1-3,8-13H2,(H,20,22)/t15-,18+/m0/s1. The summed E-state index contributed by atoms with van der Waals surface area (Å²) in [6.07, 6.45) is 4.57. The Bertz CT molecular complexity index is 532. The number of hydrogen-bond acceptors (Lipinski definition) is 4. The van der Waals surface area contributed by atoms with E-state index in [0.29, 0.717) is 19.1 Å². The first-order valence-electron chi connectivity index (χ1n) is 8.56. The monoisotopic (exact) mass is 318 g/mol. The molecular weight excluding hydrogens is 292 g/mol. The van der Waals surface area contributed by atoms with Crippen LogP contribution < -0.4 is 15.4 Å². The van der Waals surface area contributed by atoms with Gasteiger partial charge >= 0.3 is 0 Å². The lowest BCUT2D eigenvalue weighted by atomic mass is 9.67. The predicted molar refractivity (Wildman–Crippen MR) is 88.1 cm³/mol. The Balaban J connectivity index is 1.56. The minimum absolute atomic E-state index is 0.00902. The number of nitrogens with one attached hydrogen (secondary N) is 2. The Kier molecular flexibility index (Phi) is 5.18. The summed E-state index contributed by atoms with van der Waals surface area (Å²) < 4.78 is 5.34. The van der Waals surface area contributed by atoms with Crippen molar-refractivity contribution in [3.05, 3.63) is 29.8 Å². The van der Waals surface area contributed by atoms with Gasteiger partial charge in [0.1, 0.15) is 12.4 Å². The molecule has 2 aliphatic rings. The lowest BCUT2D eigenvalue weighted by molar-refractivity contribution is -0.134. The smallest absolute Gasteiger partial charge is 0.228 e. The van der Waals surface area contributed by atoms with E-state index in [-0.39, 0.29) is 17.9 Å². The van der Waals surface area contributed by atoms with Crippen LogP contribution in [-0.2, 0) is 11.3 Å². The van der Waals surface area contributed by atoms with Crippen molar-refractivity contribution in [2.24, 2.45) is 11.3 Å². The molecule has 5 heteroatoms. The molecule has 3 N–H and O–H groups in total. The van der Waals surface area contributed by atoms with Crippen molar-refractivity contribution >= 4 is 5.91 Å². The van der Waals surface area contributed by atoms with Gasteiger partial charge in [0.25, 0.3) is 0 Å². The molecule has 5 nitrogen and oxygen atoms in total. The summed E-state index contributed by atoms with van der Waals surface area (Å²) >= 11 is 0. The molecule has 1 aliphatic carbocycles. The van der Waals surface area contributed by atoms with Gasteiger partial charge in [-0.1, -0.05) is 25.0 Å². The fraction of sp³-hybridized carbons (Fsp3) is 0.611. The Hall–Kier alpha value is -1.59. The summed E-state index contributed by atoms with van der Waals surface area (Å²) in [4.78, 5) is 12.8. The van der Waals surface area contributed by atoms with Gasteiger partial charge in [0.15, 0.2) is 0 Å². The third kappa shape index (κ3) is 3.51. The van der Waals surface area contributed by atoms with E-state index >= 15 is 0 Å². The molecule has 0 spiro atoms. The highest BCUT2D eigenvalue weighted by Crippen LogP contribution is 2.43. The molecule has 2 fully saturated rings. The van der Waals surface area contributed by atoms with E-state index in [4.69, 9.17) is 9.84 Å². The van der Waals surface area contributed by atoms with Crippen LogP contribution in [-0.4, -0.2) is 37.3 Å². The second-order valence-corrected chi connectivity index (χ2v) is 6.63. The molecule has 1 saturated carbocycles. The summed E-state index contributed by atoms with van der Waals surface area (Å²) in [5.74, 6) is 1.43. The van der Waals surface area contributed by atoms with Crippen molar-refractivity contribution in [3.8, 4) is 5.75 Å². The van der Waals surface area contributed by atoms with Gasteiger partial charge in [0, 0.05) is 13.1 Å². The maximum absolute atomic E-state index is 12.8. The van der Waals surface area contributed by atoms with E-state index in [0.717, 1.165) is 43.7 Å². The molecule has 1 aromatic carbocycles. The third-order valence-electron chi connectivity index (χ3n) is 5.23. The number of carbonyl (C=O) groups excluding carboxylic acids is 1. The first-order valence-corrected chi connectivity index (χ1v) is 8.56. The van der Waals surface area contributed by atoms with Crippen LogP contribution in [0.3, 0.4) is 0 Å². The van der Waals surface area contributed by atoms with E-state index in [1.165, 1.54) is 6.42 Å². The van der Waals surface area contributed by atoms with Crippen LogP contribution in [0.5, 0.6) is 5.75 Å². The van der Waals surface area contributed by atoms with Crippen LogP contribution in [0.4, 0.5) is 0 Å². The molecular formula is C18H26N2O3. The van der Waals surface area contributed by atoms with E-state index in [2.05, 4.69) is 10.6 Å². The Labute approximate surface area is 137 Å². The topological polar surface area (TPSA) is 70.6 Å². The van der Waals surface area contributed by atoms with Gasteiger partial charge in [-0.3, -0.25) is 4.79 Å². The van der Waals surface area contributed by atoms with Crippen molar-refractivity contribution < 1.29 is 14.6 Å². The van der Waals surface area contributed by atoms with Crippen LogP contribution in [0.15, 0.2) is 24.3 Å².